The van der Waals surface area contributed by atoms with E-state index in [1.807, 2.05) is 23.2 Å². The molecule has 0 saturated carbocycles. The Morgan fingerprint density at radius 2 is 1.45 bits per heavy atom. The van der Waals surface area contributed by atoms with Crippen molar-refractivity contribution >= 4 is 50.5 Å². The Labute approximate surface area is 496 Å². The minimum absolute atomic E-state index is 0.0413. The Balaban J connectivity index is 0.628. The van der Waals surface area contributed by atoms with Gasteiger partial charge in [0.25, 0.3) is 0 Å². The number of nitrogens with one attached hydrogen (secondary N) is 4. The highest BCUT2D eigenvalue weighted by Crippen LogP contribution is 2.40. The minimum Gasteiger partial charge on any atom is -0.492 e. The van der Waals surface area contributed by atoms with Crippen molar-refractivity contribution in [3.8, 4) is 5.75 Å². The maximum Gasteiger partial charge on any atom is 0.421 e. The number of methoxy groups -OCH3 is 1. The molecule has 4 N–H and O–H groups in total. The molecule has 2 saturated heterocycles. The van der Waals surface area contributed by atoms with Crippen LogP contribution in [0.4, 0.5) is 42.0 Å². The molecule has 0 aliphatic carbocycles. The van der Waals surface area contributed by atoms with Crippen molar-refractivity contribution in [2.45, 2.75) is 62.3 Å². The number of alkyl halides is 3. The highest BCUT2D eigenvalue weighted by Gasteiger charge is 2.41. The standard InChI is InChI=1S/C60H80F3N11O10S/c1-43-38-73(49(36-64-43)40-79-4)39-55(76)74-42-59(2,3)56-53(74)33-46(35-65-56)30-44-8-6-10-50(31-44)84-23-21-72-18-16-71(17-19-72)20-22-80-24-25-81-26-27-82-28-29-83-41-54(75)68-47-12-14-48(15-13-47)69-58-67-37-52(60(61,62)63)57(70-58)66-34-45-9-7-11-51(32-45)85(5,77)78/h6-15,31-33,35,37,43,49,64H,16-30,34,36,38-42H2,1-5H3,(H,68,75)(H2,66,67,69,70)/t43-,49-/m1/s1. The van der Waals surface area contributed by atoms with Crippen LogP contribution in [0.15, 0.2) is 96.2 Å². The molecule has 3 aliphatic rings. The summed E-state index contributed by atoms with van der Waals surface area (Å²) in [4.78, 5) is 48.2. The van der Waals surface area contributed by atoms with E-state index in [4.69, 9.17) is 33.4 Å². The lowest BCUT2D eigenvalue weighted by Gasteiger charge is -2.39. The van der Waals surface area contributed by atoms with Crippen LogP contribution in [0.1, 0.15) is 48.7 Å². The normalized spacial score (nSPS) is 17.6. The summed E-state index contributed by atoms with van der Waals surface area (Å²) in [6.45, 7) is 18.1. The number of halogens is 3. The van der Waals surface area contributed by atoms with Crippen molar-refractivity contribution in [2.24, 2.45) is 0 Å². The van der Waals surface area contributed by atoms with E-state index in [2.05, 4.69) is 84.9 Å². The molecular weight excluding hydrogens is 1120 g/mol. The van der Waals surface area contributed by atoms with Gasteiger partial charge in [-0.2, -0.15) is 18.2 Å². The number of hydrogen-bond donors (Lipinski definition) is 4. The first-order chi connectivity index (χ1) is 40.8. The van der Waals surface area contributed by atoms with Crippen LogP contribution in [0.25, 0.3) is 0 Å². The van der Waals surface area contributed by atoms with Crippen LogP contribution in [0.2, 0.25) is 0 Å². The molecule has 462 valence electrons. The molecule has 85 heavy (non-hydrogen) atoms. The molecule has 25 heteroatoms. The van der Waals surface area contributed by atoms with Crippen LogP contribution >= 0.6 is 0 Å². The number of benzene rings is 3. The first kappa shape index (κ1) is 64.6. The van der Waals surface area contributed by atoms with Crippen molar-refractivity contribution in [3.05, 3.63) is 119 Å². The van der Waals surface area contributed by atoms with Crippen LogP contribution in [0, 0.1) is 0 Å². The molecule has 2 atom stereocenters. The second kappa shape index (κ2) is 30.8. The van der Waals surface area contributed by atoms with E-state index in [1.165, 1.54) is 18.2 Å². The van der Waals surface area contributed by atoms with Crippen molar-refractivity contribution in [2.75, 3.05) is 166 Å². The highest BCUT2D eigenvalue weighted by molar-refractivity contribution is 7.90. The number of aromatic nitrogens is 3. The number of hydrogen-bond acceptors (Lipinski definition) is 19. The van der Waals surface area contributed by atoms with Crippen LogP contribution in [-0.2, 0) is 67.7 Å². The van der Waals surface area contributed by atoms with Crippen molar-refractivity contribution in [1.82, 2.24) is 35.0 Å². The number of rotatable bonds is 31. The van der Waals surface area contributed by atoms with Gasteiger partial charge in [-0.25, -0.2) is 13.4 Å². The fourth-order valence-electron chi connectivity index (χ4n) is 10.3. The van der Waals surface area contributed by atoms with E-state index in [0.29, 0.717) is 94.9 Å². The van der Waals surface area contributed by atoms with E-state index in [0.717, 1.165) is 86.9 Å². The van der Waals surface area contributed by atoms with Gasteiger partial charge < -0.3 is 54.6 Å². The number of nitrogens with zero attached hydrogens (tertiary/aromatic N) is 7. The highest BCUT2D eigenvalue weighted by atomic mass is 32.2. The van der Waals surface area contributed by atoms with E-state index < -0.39 is 27.4 Å². The van der Waals surface area contributed by atoms with Crippen molar-refractivity contribution in [3.63, 3.8) is 0 Å². The maximum atomic E-state index is 13.9. The van der Waals surface area contributed by atoms with Crippen LogP contribution in [-0.4, -0.2) is 207 Å². The number of piperazine rings is 2. The number of fused-ring (bicyclic) bond motifs is 1. The number of anilines is 5. The lowest BCUT2D eigenvalue weighted by Crippen LogP contribution is -2.59. The van der Waals surface area contributed by atoms with Crippen LogP contribution in [0.3, 0.4) is 0 Å². The molecular formula is C60H80F3N11O10S. The Hall–Kier alpha value is -6.39. The first-order valence-corrected chi connectivity index (χ1v) is 30.6. The molecule has 21 nitrogen and oxygen atoms in total. The van der Waals surface area contributed by atoms with E-state index in [1.54, 1.807) is 37.4 Å². The van der Waals surface area contributed by atoms with Crippen molar-refractivity contribution in [1.29, 1.82) is 0 Å². The molecule has 2 fully saturated rings. The van der Waals surface area contributed by atoms with Gasteiger partial charge in [0, 0.05) is 120 Å². The molecule has 0 radical (unpaired) electrons. The van der Waals surface area contributed by atoms with E-state index in [-0.39, 0.29) is 60.5 Å². The van der Waals surface area contributed by atoms with E-state index in [9.17, 15) is 31.2 Å². The summed E-state index contributed by atoms with van der Waals surface area (Å²) >= 11 is 0. The molecule has 2 aromatic heterocycles. The number of ether oxygens (including phenoxy) is 6. The molecule has 5 heterocycles. The molecule has 3 aromatic carbocycles. The fraction of sp³-hybridized carbons (Fsp3) is 0.517. The summed E-state index contributed by atoms with van der Waals surface area (Å²) in [7, 11) is -1.80. The Bertz CT molecular complexity index is 3080. The smallest absolute Gasteiger partial charge is 0.421 e. The summed E-state index contributed by atoms with van der Waals surface area (Å²) in [5, 5.41) is 11.7. The zero-order chi connectivity index (χ0) is 60.4. The summed E-state index contributed by atoms with van der Waals surface area (Å²) in [5.41, 5.74) is 4.05. The molecule has 8 rings (SSSR count). The van der Waals surface area contributed by atoms with Gasteiger partial charge in [-0.05, 0) is 84.6 Å². The largest absolute Gasteiger partial charge is 0.492 e. The molecule has 0 spiro atoms. The molecule has 5 aromatic rings. The SMILES string of the molecule is COC[C@H]1CN[C@H](C)CN1CC(=O)N1CC(C)(C)c2ncc(Cc3cccc(OCCN4CCN(CCOCCOCCOCCOCC(=O)Nc5ccc(Nc6ncc(C(F)(F)F)c(NCc7cccc(S(C)(=O)=O)c7)n6)cc5)CC4)c3)cc21. The Morgan fingerprint density at radius 1 is 0.788 bits per heavy atom. The summed E-state index contributed by atoms with van der Waals surface area (Å²) in [6.07, 6.45) is -0.421. The number of carbonyl (C=O) groups excluding carboxylic acids is 2. The quantitative estimate of drug-likeness (QED) is 0.0381. The van der Waals surface area contributed by atoms with Gasteiger partial charge in [0.1, 0.15) is 30.3 Å². The third-order valence-electron chi connectivity index (χ3n) is 14.8. The zero-order valence-electron chi connectivity index (χ0n) is 49.1. The van der Waals surface area contributed by atoms with Crippen LogP contribution in [0.5, 0.6) is 5.75 Å². The van der Waals surface area contributed by atoms with Gasteiger partial charge in [-0.1, -0.05) is 38.1 Å². The number of amides is 2. The van der Waals surface area contributed by atoms with Crippen LogP contribution < -0.4 is 30.9 Å². The first-order valence-electron chi connectivity index (χ1n) is 28.7. The second-order valence-electron chi connectivity index (χ2n) is 22.1. The van der Waals surface area contributed by atoms with Gasteiger partial charge in [0.2, 0.25) is 17.8 Å². The molecule has 0 unspecified atom stereocenters. The maximum absolute atomic E-state index is 13.9. The minimum atomic E-state index is -4.75. The van der Waals surface area contributed by atoms with Gasteiger partial charge in [-0.15, -0.1) is 0 Å². The average Bonchev–Trinajstić information content (AvgIpc) is 3.43. The number of sulfone groups is 1. The lowest BCUT2D eigenvalue weighted by atomic mass is 9.91. The lowest BCUT2D eigenvalue weighted by molar-refractivity contribution is -0.137. The molecule has 3 aliphatic heterocycles. The number of carbonyl (C=O) groups is 2. The third kappa shape index (κ3) is 19.8. The topological polar surface area (TPSA) is 223 Å². The van der Waals surface area contributed by atoms with Gasteiger partial charge >= 0.3 is 6.18 Å². The summed E-state index contributed by atoms with van der Waals surface area (Å²) < 4.78 is 99.5. The van der Waals surface area contributed by atoms with Crippen molar-refractivity contribution < 1.29 is 59.6 Å². The van der Waals surface area contributed by atoms with E-state index >= 15 is 0 Å². The average molecular weight is 1200 g/mol. The fourth-order valence-corrected chi connectivity index (χ4v) is 11.0. The monoisotopic (exact) mass is 1200 g/mol. The van der Waals surface area contributed by atoms with Gasteiger partial charge in [0.15, 0.2) is 9.84 Å². The second-order valence-corrected chi connectivity index (χ2v) is 24.2. The molecule has 2 amide bonds. The van der Waals surface area contributed by atoms with Gasteiger partial charge in [0.05, 0.1) is 75.7 Å². The Kier molecular flexibility index (Phi) is 23.4. The summed E-state index contributed by atoms with van der Waals surface area (Å²) in [6, 6.07) is 23.1. The zero-order valence-corrected chi connectivity index (χ0v) is 49.9. The Morgan fingerprint density at radius 3 is 2.14 bits per heavy atom. The summed E-state index contributed by atoms with van der Waals surface area (Å²) in [5.74, 6) is -0.0725. The number of pyridine rings is 1. The molecule has 0 bridgehead atoms. The predicted octanol–water partition coefficient (Wildman–Crippen LogP) is 5.87. The predicted molar refractivity (Wildman–Crippen MR) is 317 cm³/mol. The third-order valence-corrected chi connectivity index (χ3v) is 15.9. The van der Waals surface area contributed by atoms with Gasteiger partial charge in [-0.3, -0.25) is 29.3 Å².